The predicted molar refractivity (Wildman–Crippen MR) is 79.0 cm³/mol. The van der Waals surface area contributed by atoms with Crippen LogP contribution in [0.15, 0.2) is 18.2 Å². The fourth-order valence-corrected chi connectivity index (χ4v) is 2.05. The van der Waals surface area contributed by atoms with Crippen LogP contribution in [0.3, 0.4) is 0 Å². The number of halogens is 1. The maximum atomic E-state index is 11.7. The molecule has 4 nitrogen and oxygen atoms in total. The van der Waals surface area contributed by atoms with Gasteiger partial charge in [0.1, 0.15) is 5.75 Å². The molecule has 0 aromatic heterocycles. The Morgan fingerprint density at radius 1 is 1.47 bits per heavy atom. The number of hydrogen-bond acceptors (Lipinski definition) is 3. The zero-order chi connectivity index (χ0) is 14.3. The van der Waals surface area contributed by atoms with Crippen molar-refractivity contribution in [3.05, 3.63) is 23.2 Å². The number of anilines is 1. The van der Waals surface area contributed by atoms with E-state index in [9.17, 15) is 4.79 Å². The molecule has 0 saturated heterocycles. The highest BCUT2D eigenvalue weighted by molar-refractivity contribution is 6.32. The maximum Gasteiger partial charge on any atom is 0.239 e. The first-order chi connectivity index (χ1) is 9.06. The number of rotatable bonds is 7. The molecule has 0 aliphatic heterocycles. The molecule has 5 heteroatoms. The van der Waals surface area contributed by atoms with Gasteiger partial charge in [-0.1, -0.05) is 24.9 Å². The summed E-state index contributed by atoms with van der Waals surface area (Å²) in [5, 5.41) is 6.48. The van der Waals surface area contributed by atoms with E-state index in [1.54, 1.807) is 19.2 Å². The van der Waals surface area contributed by atoms with E-state index < -0.39 is 0 Å². The average molecular weight is 285 g/mol. The van der Waals surface area contributed by atoms with E-state index >= 15 is 0 Å². The second-order valence-electron chi connectivity index (χ2n) is 4.46. The molecule has 2 N–H and O–H groups in total. The molecule has 1 amide bonds. The molecule has 0 heterocycles. The molecule has 0 fully saturated rings. The fraction of sp³-hybridized carbons (Fsp3) is 0.500. The zero-order valence-electron chi connectivity index (χ0n) is 11.6. The Labute approximate surface area is 119 Å². The Morgan fingerprint density at radius 3 is 2.79 bits per heavy atom. The van der Waals surface area contributed by atoms with Crippen LogP contribution in [0.1, 0.15) is 26.7 Å². The lowest BCUT2D eigenvalue weighted by molar-refractivity contribution is -0.120. The Balaban J connectivity index is 2.44. The van der Waals surface area contributed by atoms with Crippen molar-refractivity contribution in [1.29, 1.82) is 0 Å². The number of carbonyl (C=O) groups excluding carboxylic acids is 1. The van der Waals surface area contributed by atoms with Gasteiger partial charge in [0, 0.05) is 11.7 Å². The van der Waals surface area contributed by atoms with Crippen LogP contribution in [0.25, 0.3) is 0 Å². The van der Waals surface area contributed by atoms with E-state index in [0.717, 1.165) is 18.5 Å². The van der Waals surface area contributed by atoms with E-state index in [-0.39, 0.29) is 18.5 Å². The largest absolute Gasteiger partial charge is 0.495 e. The van der Waals surface area contributed by atoms with E-state index in [1.165, 1.54) is 0 Å². The number of carbonyl (C=O) groups is 1. The lowest BCUT2D eigenvalue weighted by Crippen LogP contribution is -2.36. The number of nitrogens with one attached hydrogen (secondary N) is 2. The molecule has 0 spiro atoms. The minimum absolute atomic E-state index is 0.0205. The van der Waals surface area contributed by atoms with Gasteiger partial charge in [0.15, 0.2) is 0 Å². The maximum absolute atomic E-state index is 11.7. The molecule has 0 aliphatic carbocycles. The SMILES string of the molecule is CCCC(C)NC(=O)CNc1ccc(OC)c(Cl)c1. The summed E-state index contributed by atoms with van der Waals surface area (Å²) in [5.41, 5.74) is 0.795. The first kappa shape index (κ1) is 15.6. The van der Waals surface area contributed by atoms with Gasteiger partial charge in [0.2, 0.25) is 5.91 Å². The molecular weight excluding hydrogens is 264 g/mol. The van der Waals surface area contributed by atoms with Crippen molar-refractivity contribution in [3.8, 4) is 5.75 Å². The lowest BCUT2D eigenvalue weighted by atomic mass is 10.2. The van der Waals surface area contributed by atoms with Crippen molar-refractivity contribution in [1.82, 2.24) is 5.32 Å². The number of benzene rings is 1. The topological polar surface area (TPSA) is 50.4 Å². The van der Waals surface area contributed by atoms with Gasteiger partial charge in [0.25, 0.3) is 0 Å². The Morgan fingerprint density at radius 2 is 2.21 bits per heavy atom. The minimum atomic E-state index is -0.0205. The van der Waals surface area contributed by atoms with Crippen LogP contribution in [0.2, 0.25) is 5.02 Å². The highest BCUT2D eigenvalue weighted by atomic mass is 35.5. The van der Waals surface area contributed by atoms with Crippen molar-refractivity contribution in [2.45, 2.75) is 32.7 Å². The first-order valence-electron chi connectivity index (χ1n) is 6.43. The summed E-state index contributed by atoms with van der Waals surface area (Å²) in [4.78, 5) is 11.7. The third-order valence-electron chi connectivity index (χ3n) is 2.73. The van der Waals surface area contributed by atoms with Crippen molar-refractivity contribution >= 4 is 23.2 Å². The summed E-state index contributed by atoms with van der Waals surface area (Å²) >= 11 is 6.00. The molecule has 0 radical (unpaired) electrons. The first-order valence-corrected chi connectivity index (χ1v) is 6.81. The van der Waals surface area contributed by atoms with Crippen LogP contribution in [0, 0.1) is 0 Å². The predicted octanol–water partition coefficient (Wildman–Crippen LogP) is 3.07. The summed E-state index contributed by atoms with van der Waals surface area (Å²) in [6.07, 6.45) is 2.04. The molecule has 0 bridgehead atoms. The van der Waals surface area contributed by atoms with Gasteiger partial charge in [-0.25, -0.2) is 0 Å². The number of methoxy groups -OCH3 is 1. The molecule has 1 unspecified atom stereocenters. The highest BCUT2D eigenvalue weighted by Crippen LogP contribution is 2.26. The van der Waals surface area contributed by atoms with Crippen LogP contribution in [0.4, 0.5) is 5.69 Å². The summed E-state index contributed by atoms with van der Waals surface area (Å²) in [6.45, 7) is 4.34. The Bertz CT molecular complexity index is 424. The van der Waals surface area contributed by atoms with Crippen LogP contribution >= 0.6 is 11.6 Å². The zero-order valence-corrected chi connectivity index (χ0v) is 12.4. The summed E-state index contributed by atoms with van der Waals surface area (Å²) < 4.78 is 5.07. The van der Waals surface area contributed by atoms with Crippen LogP contribution in [-0.4, -0.2) is 25.6 Å². The van der Waals surface area contributed by atoms with Gasteiger partial charge in [-0.15, -0.1) is 0 Å². The molecule has 0 saturated carbocycles. The van der Waals surface area contributed by atoms with Crippen molar-refractivity contribution in [2.24, 2.45) is 0 Å². The molecule has 0 aliphatic rings. The second kappa shape index (κ2) is 7.89. The molecule has 106 valence electrons. The fourth-order valence-electron chi connectivity index (χ4n) is 1.79. The lowest BCUT2D eigenvalue weighted by Gasteiger charge is -2.14. The van der Waals surface area contributed by atoms with Crippen molar-refractivity contribution in [2.75, 3.05) is 19.0 Å². The molecule has 1 rings (SSSR count). The van der Waals surface area contributed by atoms with Crippen molar-refractivity contribution < 1.29 is 9.53 Å². The third-order valence-corrected chi connectivity index (χ3v) is 3.03. The molecular formula is C14H21ClN2O2. The number of amides is 1. The van der Waals surface area contributed by atoms with Gasteiger partial charge >= 0.3 is 0 Å². The van der Waals surface area contributed by atoms with Gasteiger partial charge in [-0.2, -0.15) is 0 Å². The smallest absolute Gasteiger partial charge is 0.239 e. The van der Waals surface area contributed by atoms with E-state index in [2.05, 4.69) is 17.6 Å². The standard InChI is InChI=1S/C14H21ClN2O2/c1-4-5-10(2)17-14(18)9-16-11-6-7-13(19-3)12(15)8-11/h6-8,10,16H,4-5,9H2,1-3H3,(H,17,18). The van der Waals surface area contributed by atoms with Crippen molar-refractivity contribution in [3.63, 3.8) is 0 Å². The Kier molecular flexibility index (Phi) is 6.50. The van der Waals surface area contributed by atoms with Gasteiger partial charge in [-0.05, 0) is 31.5 Å². The van der Waals surface area contributed by atoms with Gasteiger partial charge in [-0.3, -0.25) is 4.79 Å². The number of hydrogen-bond donors (Lipinski definition) is 2. The van der Waals surface area contributed by atoms with Crippen LogP contribution < -0.4 is 15.4 Å². The Hall–Kier alpha value is -1.42. The average Bonchev–Trinajstić information content (AvgIpc) is 2.36. The molecule has 1 atom stereocenters. The summed E-state index contributed by atoms with van der Waals surface area (Å²) in [6, 6.07) is 5.54. The highest BCUT2D eigenvalue weighted by Gasteiger charge is 2.07. The summed E-state index contributed by atoms with van der Waals surface area (Å²) in [5.74, 6) is 0.598. The summed E-state index contributed by atoms with van der Waals surface area (Å²) in [7, 11) is 1.57. The molecule has 1 aromatic rings. The van der Waals surface area contributed by atoms with E-state index in [1.807, 2.05) is 13.0 Å². The van der Waals surface area contributed by atoms with E-state index in [4.69, 9.17) is 16.3 Å². The van der Waals surface area contributed by atoms with Gasteiger partial charge in [0.05, 0.1) is 18.7 Å². The minimum Gasteiger partial charge on any atom is -0.495 e. The second-order valence-corrected chi connectivity index (χ2v) is 4.87. The van der Waals surface area contributed by atoms with Crippen LogP contribution in [-0.2, 0) is 4.79 Å². The normalized spacial score (nSPS) is 11.8. The van der Waals surface area contributed by atoms with Crippen LogP contribution in [0.5, 0.6) is 5.75 Å². The third kappa shape index (κ3) is 5.39. The molecule has 19 heavy (non-hydrogen) atoms. The monoisotopic (exact) mass is 284 g/mol. The molecule has 1 aromatic carbocycles. The number of ether oxygens (including phenoxy) is 1. The quantitative estimate of drug-likeness (QED) is 0.809. The van der Waals surface area contributed by atoms with Gasteiger partial charge < -0.3 is 15.4 Å². The van der Waals surface area contributed by atoms with E-state index in [0.29, 0.717) is 10.8 Å².